The van der Waals surface area contributed by atoms with E-state index in [0.717, 1.165) is 0 Å². The Kier molecular flexibility index (Phi) is 6.09. The number of aliphatic hydroxyl groups is 1. The van der Waals surface area contributed by atoms with Gasteiger partial charge in [0, 0.05) is 19.2 Å². The van der Waals surface area contributed by atoms with Gasteiger partial charge in [-0.3, -0.25) is 4.79 Å². The lowest BCUT2D eigenvalue weighted by Crippen LogP contribution is -2.25. The van der Waals surface area contributed by atoms with E-state index >= 15 is 0 Å². The van der Waals surface area contributed by atoms with Gasteiger partial charge in [-0.25, -0.2) is 0 Å². The molecule has 7 heteroatoms. The van der Waals surface area contributed by atoms with Gasteiger partial charge in [0.1, 0.15) is 11.9 Å². The van der Waals surface area contributed by atoms with Crippen LogP contribution in [0, 0.1) is 0 Å². The summed E-state index contributed by atoms with van der Waals surface area (Å²) in [4.78, 5) is 14.3. The Morgan fingerprint density at radius 3 is 2.14 bits per heavy atom. The molecule has 152 valence electrons. The molecule has 3 rings (SSSR count). The quantitative estimate of drug-likeness (QED) is 0.655. The van der Waals surface area contributed by atoms with Crippen molar-refractivity contribution < 1.29 is 28.5 Å². The number of aliphatic hydroxyl groups excluding tert-OH is 1. The first-order valence-corrected chi connectivity index (χ1v) is 8.91. The number of nitrogens with zero attached hydrogens (tertiary/aromatic N) is 1. The number of carbonyl (C=O) groups is 1. The van der Waals surface area contributed by atoms with Crippen molar-refractivity contribution in [1.29, 1.82) is 0 Å². The van der Waals surface area contributed by atoms with E-state index in [9.17, 15) is 9.90 Å². The Morgan fingerprint density at radius 1 is 0.966 bits per heavy atom. The molecule has 0 aliphatic carbocycles. The zero-order chi connectivity index (χ0) is 21.0. The summed E-state index contributed by atoms with van der Waals surface area (Å²) in [5.41, 5.74) is 1.21. The topological polar surface area (TPSA) is 81.4 Å². The molecule has 0 spiro atoms. The molecular formula is C22H23NO6. The number of hydrogen-bond donors (Lipinski definition) is 1. The SMILES string of the molecule is COc1cc(N(C)C(=O)c2ccc(C(O)c3ccccc3)o2)cc(OC)c1OC. The molecule has 7 nitrogen and oxygen atoms in total. The number of ether oxygens (including phenoxy) is 3. The van der Waals surface area contributed by atoms with E-state index in [-0.39, 0.29) is 17.4 Å². The lowest BCUT2D eigenvalue weighted by molar-refractivity contribution is 0.0958. The van der Waals surface area contributed by atoms with Crippen molar-refractivity contribution in [2.45, 2.75) is 6.10 Å². The van der Waals surface area contributed by atoms with Gasteiger partial charge in [0.15, 0.2) is 17.3 Å². The first-order valence-electron chi connectivity index (χ1n) is 8.91. The fourth-order valence-electron chi connectivity index (χ4n) is 2.96. The molecule has 1 amide bonds. The van der Waals surface area contributed by atoms with E-state index in [1.165, 1.54) is 32.3 Å². The largest absolute Gasteiger partial charge is 0.493 e. The third-order valence-electron chi connectivity index (χ3n) is 4.56. The number of anilines is 1. The van der Waals surface area contributed by atoms with Crippen LogP contribution in [0.25, 0.3) is 0 Å². The average molecular weight is 397 g/mol. The minimum absolute atomic E-state index is 0.103. The molecule has 1 N–H and O–H groups in total. The molecule has 2 aromatic carbocycles. The standard InChI is InChI=1S/C22H23NO6/c1-23(15-12-18(26-2)21(28-4)19(13-15)27-3)22(25)17-11-10-16(29-17)20(24)14-8-6-5-7-9-14/h5-13,20,24H,1-4H3. The van der Waals surface area contributed by atoms with Crippen LogP contribution in [0.15, 0.2) is 59.0 Å². The number of rotatable bonds is 7. The summed E-state index contributed by atoms with van der Waals surface area (Å²) in [5.74, 6) is 1.31. The van der Waals surface area contributed by atoms with Gasteiger partial charge in [0.25, 0.3) is 5.91 Å². The molecular weight excluding hydrogens is 374 g/mol. The van der Waals surface area contributed by atoms with Crippen molar-refractivity contribution >= 4 is 11.6 Å². The average Bonchev–Trinajstić information content (AvgIpc) is 3.27. The minimum Gasteiger partial charge on any atom is -0.493 e. The maximum Gasteiger partial charge on any atom is 0.293 e. The third kappa shape index (κ3) is 4.05. The monoisotopic (exact) mass is 397 g/mol. The maximum absolute atomic E-state index is 12.9. The van der Waals surface area contributed by atoms with E-state index in [1.807, 2.05) is 18.2 Å². The molecule has 3 aromatic rings. The zero-order valence-corrected chi connectivity index (χ0v) is 16.7. The van der Waals surface area contributed by atoms with E-state index in [0.29, 0.717) is 28.5 Å². The van der Waals surface area contributed by atoms with Gasteiger partial charge >= 0.3 is 0 Å². The molecule has 0 radical (unpaired) electrons. The number of furan rings is 1. The van der Waals surface area contributed by atoms with Gasteiger partial charge in [-0.15, -0.1) is 0 Å². The highest BCUT2D eigenvalue weighted by atomic mass is 16.5. The van der Waals surface area contributed by atoms with Crippen LogP contribution >= 0.6 is 0 Å². The number of methoxy groups -OCH3 is 3. The van der Waals surface area contributed by atoms with Crippen LogP contribution in [-0.2, 0) is 0 Å². The van der Waals surface area contributed by atoms with Crippen molar-refractivity contribution in [2.75, 3.05) is 33.3 Å². The predicted molar refractivity (Wildman–Crippen MR) is 108 cm³/mol. The fourth-order valence-corrected chi connectivity index (χ4v) is 2.96. The Hall–Kier alpha value is -3.45. The minimum atomic E-state index is -0.954. The molecule has 0 aliphatic rings. The van der Waals surface area contributed by atoms with Crippen molar-refractivity contribution in [1.82, 2.24) is 0 Å². The summed E-state index contributed by atoms with van der Waals surface area (Å²) in [6, 6.07) is 15.6. The van der Waals surface area contributed by atoms with Crippen LogP contribution in [0.1, 0.15) is 28.0 Å². The van der Waals surface area contributed by atoms with Crippen LogP contribution in [0.2, 0.25) is 0 Å². The number of benzene rings is 2. The van der Waals surface area contributed by atoms with Gasteiger partial charge in [-0.1, -0.05) is 30.3 Å². The van der Waals surface area contributed by atoms with Gasteiger partial charge in [-0.2, -0.15) is 0 Å². The molecule has 1 heterocycles. The summed E-state index contributed by atoms with van der Waals surface area (Å²) in [5, 5.41) is 10.5. The highest BCUT2D eigenvalue weighted by molar-refractivity contribution is 6.04. The number of carbonyl (C=O) groups excluding carboxylic acids is 1. The predicted octanol–water partition coefficient (Wildman–Crippen LogP) is 3.66. The third-order valence-corrected chi connectivity index (χ3v) is 4.56. The number of amides is 1. The highest BCUT2D eigenvalue weighted by Gasteiger charge is 2.23. The highest BCUT2D eigenvalue weighted by Crippen LogP contribution is 2.41. The summed E-state index contributed by atoms with van der Waals surface area (Å²) in [7, 11) is 6.13. The first-order chi connectivity index (χ1) is 14.0. The Morgan fingerprint density at radius 2 is 1.59 bits per heavy atom. The molecule has 1 unspecified atom stereocenters. The van der Waals surface area contributed by atoms with Crippen molar-refractivity contribution in [3.05, 3.63) is 71.7 Å². The van der Waals surface area contributed by atoms with E-state index < -0.39 is 6.10 Å². The molecule has 0 aliphatic heterocycles. The summed E-state index contributed by atoms with van der Waals surface area (Å²) < 4.78 is 21.6. The van der Waals surface area contributed by atoms with E-state index in [1.54, 1.807) is 37.4 Å². The van der Waals surface area contributed by atoms with Crippen LogP contribution in [0.5, 0.6) is 17.2 Å². The van der Waals surface area contributed by atoms with Gasteiger partial charge in [0.2, 0.25) is 5.75 Å². The second kappa shape index (κ2) is 8.70. The Balaban J connectivity index is 1.87. The number of hydrogen-bond acceptors (Lipinski definition) is 6. The summed E-state index contributed by atoms with van der Waals surface area (Å²) in [6.07, 6.45) is -0.954. The van der Waals surface area contributed by atoms with Crippen LogP contribution in [-0.4, -0.2) is 39.4 Å². The lowest BCUT2D eigenvalue weighted by atomic mass is 10.1. The summed E-state index contributed by atoms with van der Waals surface area (Å²) in [6.45, 7) is 0. The fraction of sp³-hybridized carbons (Fsp3) is 0.227. The van der Waals surface area contributed by atoms with E-state index in [4.69, 9.17) is 18.6 Å². The van der Waals surface area contributed by atoms with Crippen LogP contribution in [0.4, 0.5) is 5.69 Å². The normalized spacial score (nSPS) is 11.6. The van der Waals surface area contributed by atoms with Gasteiger partial charge in [-0.05, 0) is 17.7 Å². The zero-order valence-electron chi connectivity index (χ0n) is 16.7. The first kappa shape index (κ1) is 20.3. The van der Waals surface area contributed by atoms with Crippen molar-refractivity contribution in [3.63, 3.8) is 0 Å². The second-order valence-corrected chi connectivity index (χ2v) is 6.26. The van der Waals surface area contributed by atoms with Crippen LogP contribution in [0.3, 0.4) is 0 Å². The van der Waals surface area contributed by atoms with Crippen molar-refractivity contribution in [2.24, 2.45) is 0 Å². The molecule has 1 aromatic heterocycles. The Bertz CT molecular complexity index is 957. The maximum atomic E-state index is 12.9. The van der Waals surface area contributed by atoms with Crippen LogP contribution < -0.4 is 19.1 Å². The summed E-state index contributed by atoms with van der Waals surface area (Å²) >= 11 is 0. The Labute approximate surface area is 169 Å². The molecule has 29 heavy (non-hydrogen) atoms. The van der Waals surface area contributed by atoms with Crippen molar-refractivity contribution in [3.8, 4) is 17.2 Å². The molecule has 0 fully saturated rings. The smallest absolute Gasteiger partial charge is 0.293 e. The van der Waals surface area contributed by atoms with E-state index in [2.05, 4.69) is 0 Å². The molecule has 1 atom stereocenters. The second-order valence-electron chi connectivity index (χ2n) is 6.26. The van der Waals surface area contributed by atoms with Gasteiger partial charge in [0.05, 0.1) is 27.0 Å². The lowest BCUT2D eigenvalue weighted by Gasteiger charge is -2.20. The molecule has 0 saturated heterocycles. The van der Waals surface area contributed by atoms with Gasteiger partial charge < -0.3 is 28.6 Å². The molecule has 0 bridgehead atoms. The molecule has 0 saturated carbocycles.